The number of hydrogen-bond donors (Lipinski definition) is 3. The Kier molecular flexibility index (Phi) is 6.57. The minimum absolute atomic E-state index is 0.0819. The van der Waals surface area contributed by atoms with Crippen molar-refractivity contribution in [2.45, 2.75) is 25.4 Å². The normalized spacial score (nSPS) is 15.2. The third kappa shape index (κ3) is 4.96. The van der Waals surface area contributed by atoms with E-state index >= 15 is 0 Å². The van der Waals surface area contributed by atoms with E-state index in [1.54, 1.807) is 0 Å². The van der Waals surface area contributed by atoms with Gasteiger partial charge in [0.1, 0.15) is 5.82 Å². The number of nitrogens with one attached hydrogen (secondary N) is 2. The van der Waals surface area contributed by atoms with Crippen molar-refractivity contribution in [3.63, 3.8) is 0 Å². The Bertz CT molecular complexity index is 985. The quantitative estimate of drug-likeness (QED) is 0.564. The molecule has 6 nitrogen and oxygen atoms in total. The zero-order chi connectivity index (χ0) is 20.8. The van der Waals surface area contributed by atoms with Crippen molar-refractivity contribution in [3.8, 4) is 0 Å². The number of carbonyl (C=O) groups is 1. The predicted molar refractivity (Wildman–Crippen MR) is 120 cm³/mol. The second kappa shape index (κ2) is 9.69. The highest BCUT2D eigenvalue weighted by Crippen LogP contribution is 2.23. The third-order valence-electron chi connectivity index (χ3n) is 5.55. The van der Waals surface area contributed by atoms with Crippen LogP contribution in [0, 0.1) is 0 Å². The Hall–Kier alpha value is -2.96. The Balaban J connectivity index is 1.43. The van der Waals surface area contributed by atoms with Crippen LogP contribution in [0.25, 0.3) is 10.9 Å². The molecule has 1 fully saturated rings. The van der Waals surface area contributed by atoms with Crippen molar-refractivity contribution in [2.24, 2.45) is 0 Å². The molecule has 2 aromatic carbocycles. The highest BCUT2D eigenvalue weighted by molar-refractivity contribution is 6.07. The molecule has 0 atom stereocenters. The van der Waals surface area contributed by atoms with Crippen LogP contribution in [0.4, 0.5) is 5.82 Å². The van der Waals surface area contributed by atoms with Gasteiger partial charge in [0, 0.05) is 37.6 Å². The Labute approximate surface area is 176 Å². The summed E-state index contributed by atoms with van der Waals surface area (Å²) in [6, 6.07) is 20.4. The molecule has 1 aliphatic rings. The molecule has 1 aromatic heterocycles. The van der Waals surface area contributed by atoms with Crippen molar-refractivity contribution in [1.29, 1.82) is 0 Å². The summed E-state index contributed by atoms with van der Waals surface area (Å²) in [7, 11) is 0. The molecule has 6 heteroatoms. The van der Waals surface area contributed by atoms with Gasteiger partial charge in [-0.15, -0.1) is 0 Å². The van der Waals surface area contributed by atoms with Gasteiger partial charge in [-0.25, -0.2) is 4.98 Å². The number of nitrogens with zero attached hydrogens (tertiary/aromatic N) is 2. The number of carbonyl (C=O) groups excluding carboxylic acids is 1. The Morgan fingerprint density at radius 2 is 1.80 bits per heavy atom. The molecule has 3 aromatic rings. The average molecular weight is 405 g/mol. The maximum atomic E-state index is 12.6. The fourth-order valence-corrected chi connectivity index (χ4v) is 3.99. The van der Waals surface area contributed by atoms with Crippen LogP contribution >= 0.6 is 0 Å². The maximum Gasteiger partial charge on any atom is 0.252 e. The minimum atomic E-state index is -0.191. The molecule has 0 spiro atoms. The van der Waals surface area contributed by atoms with Crippen LogP contribution < -0.4 is 10.6 Å². The molecule has 0 unspecified atom stereocenters. The highest BCUT2D eigenvalue weighted by Gasteiger charge is 2.20. The molecule has 3 N–H and O–H groups in total. The summed E-state index contributed by atoms with van der Waals surface area (Å²) >= 11 is 0. The van der Waals surface area contributed by atoms with E-state index in [1.165, 1.54) is 5.56 Å². The van der Waals surface area contributed by atoms with Gasteiger partial charge >= 0.3 is 0 Å². The predicted octanol–water partition coefficient (Wildman–Crippen LogP) is 3.03. The topological polar surface area (TPSA) is 77.5 Å². The van der Waals surface area contributed by atoms with Crippen LogP contribution in [0.2, 0.25) is 0 Å². The van der Waals surface area contributed by atoms with Gasteiger partial charge in [-0.3, -0.25) is 9.69 Å². The van der Waals surface area contributed by atoms with E-state index in [2.05, 4.69) is 45.9 Å². The lowest BCUT2D eigenvalue weighted by molar-refractivity contribution is 0.0946. The molecule has 30 heavy (non-hydrogen) atoms. The summed E-state index contributed by atoms with van der Waals surface area (Å²) in [6.07, 6.45) is 2.07. The molecule has 0 aliphatic carbocycles. The van der Waals surface area contributed by atoms with Gasteiger partial charge in [-0.05, 0) is 30.5 Å². The van der Waals surface area contributed by atoms with Crippen molar-refractivity contribution >= 4 is 22.6 Å². The van der Waals surface area contributed by atoms with Crippen LogP contribution in [-0.4, -0.2) is 53.2 Å². The first-order valence-corrected chi connectivity index (χ1v) is 10.5. The lowest BCUT2D eigenvalue weighted by atomic mass is 10.0. The first-order valence-electron chi connectivity index (χ1n) is 10.5. The zero-order valence-corrected chi connectivity index (χ0v) is 17.1. The molecule has 0 radical (unpaired) electrons. The van der Waals surface area contributed by atoms with E-state index in [9.17, 15) is 4.79 Å². The SMILES string of the molecule is O=C(NCCO)c1cc(NC2CCN(Cc3ccccc3)CC2)nc2ccccc12. The van der Waals surface area contributed by atoms with Crippen LogP contribution in [0.3, 0.4) is 0 Å². The molecule has 0 bridgehead atoms. The molecule has 1 amide bonds. The minimum Gasteiger partial charge on any atom is -0.395 e. The molecule has 4 rings (SSSR count). The summed E-state index contributed by atoms with van der Waals surface area (Å²) in [5.41, 5.74) is 2.72. The second-order valence-electron chi connectivity index (χ2n) is 7.73. The van der Waals surface area contributed by atoms with Gasteiger partial charge in [0.15, 0.2) is 0 Å². The van der Waals surface area contributed by atoms with Crippen LogP contribution in [0.1, 0.15) is 28.8 Å². The molecule has 2 heterocycles. The van der Waals surface area contributed by atoms with Crippen molar-refractivity contribution < 1.29 is 9.90 Å². The lowest BCUT2D eigenvalue weighted by Gasteiger charge is -2.32. The number of para-hydroxylation sites is 1. The molecule has 1 saturated heterocycles. The van der Waals surface area contributed by atoms with E-state index in [0.717, 1.165) is 49.2 Å². The number of amides is 1. The number of aromatic nitrogens is 1. The van der Waals surface area contributed by atoms with E-state index in [-0.39, 0.29) is 19.1 Å². The Morgan fingerprint density at radius 1 is 1.07 bits per heavy atom. The largest absolute Gasteiger partial charge is 0.395 e. The van der Waals surface area contributed by atoms with Gasteiger partial charge < -0.3 is 15.7 Å². The number of aliphatic hydroxyl groups excluding tert-OH is 1. The standard InChI is InChI=1S/C24H28N4O2/c29-15-12-25-24(30)21-16-23(27-22-9-5-4-8-20(21)22)26-19-10-13-28(14-11-19)17-18-6-2-1-3-7-18/h1-9,16,19,29H,10-15,17H2,(H,25,30)(H,26,27). The van der Waals surface area contributed by atoms with Gasteiger partial charge in [0.05, 0.1) is 17.7 Å². The number of benzene rings is 2. The maximum absolute atomic E-state index is 12.6. The monoisotopic (exact) mass is 404 g/mol. The number of likely N-dealkylation sites (tertiary alicyclic amines) is 1. The summed E-state index contributed by atoms with van der Waals surface area (Å²) in [5, 5.41) is 16.1. The van der Waals surface area contributed by atoms with Crippen molar-refractivity contribution in [1.82, 2.24) is 15.2 Å². The third-order valence-corrected chi connectivity index (χ3v) is 5.55. The molecule has 156 valence electrons. The number of anilines is 1. The molecular formula is C24H28N4O2. The fourth-order valence-electron chi connectivity index (χ4n) is 3.99. The second-order valence-corrected chi connectivity index (χ2v) is 7.73. The van der Waals surface area contributed by atoms with Crippen LogP contribution in [0.15, 0.2) is 60.7 Å². The van der Waals surface area contributed by atoms with E-state index in [4.69, 9.17) is 10.1 Å². The molecule has 1 aliphatic heterocycles. The number of fused-ring (bicyclic) bond motifs is 1. The summed E-state index contributed by atoms with van der Waals surface area (Å²) in [4.78, 5) is 19.8. The summed E-state index contributed by atoms with van der Waals surface area (Å²) < 4.78 is 0. The van der Waals surface area contributed by atoms with E-state index in [1.807, 2.05) is 30.3 Å². The first kappa shape index (κ1) is 20.3. The number of rotatable bonds is 7. The Morgan fingerprint density at radius 3 is 2.57 bits per heavy atom. The number of pyridine rings is 1. The highest BCUT2D eigenvalue weighted by atomic mass is 16.3. The van der Waals surface area contributed by atoms with E-state index < -0.39 is 0 Å². The molecular weight excluding hydrogens is 376 g/mol. The first-order chi connectivity index (χ1) is 14.7. The zero-order valence-electron chi connectivity index (χ0n) is 17.1. The van der Waals surface area contributed by atoms with Crippen molar-refractivity contribution in [2.75, 3.05) is 31.6 Å². The van der Waals surface area contributed by atoms with E-state index in [0.29, 0.717) is 11.6 Å². The van der Waals surface area contributed by atoms with Crippen LogP contribution in [-0.2, 0) is 6.54 Å². The fraction of sp³-hybridized carbons (Fsp3) is 0.333. The van der Waals surface area contributed by atoms with Gasteiger partial charge in [-0.1, -0.05) is 48.5 Å². The van der Waals surface area contributed by atoms with Crippen molar-refractivity contribution in [3.05, 3.63) is 71.8 Å². The van der Waals surface area contributed by atoms with Gasteiger partial charge in [-0.2, -0.15) is 0 Å². The summed E-state index contributed by atoms with van der Waals surface area (Å²) in [5.74, 6) is 0.535. The number of hydrogen-bond acceptors (Lipinski definition) is 5. The average Bonchev–Trinajstić information content (AvgIpc) is 2.79. The number of aliphatic hydroxyl groups is 1. The lowest BCUT2D eigenvalue weighted by Crippen LogP contribution is -2.38. The summed E-state index contributed by atoms with van der Waals surface area (Å²) in [6.45, 7) is 3.20. The number of piperidine rings is 1. The van der Waals surface area contributed by atoms with Gasteiger partial charge in [0.25, 0.3) is 5.91 Å². The smallest absolute Gasteiger partial charge is 0.252 e. The van der Waals surface area contributed by atoms with Gasteiger partial charge in [0.2, 0.25) is 0 Å². The molecule has 0 saturated carbocycles. The van der Waals surface area contributed by atoms with Crippen LogP contribution in [0.5, 0.6) is 0 Å².